The number of sulfone groups is 1. The summed E-state index contributed by atoms with van der Waals surface area (Å²) in [5, 5.41) is 0. The Hall–Kier alpha value is 1.25. The Bertz CT molecular complexity index is 928. The fraction of sp³-hybridized carbons (Fsp3) is 0.900. The Morgan fingerprint density at radius 2 is 0.783 bits per heavy atom. The van der Waals surface area contributed by atoms with Gasteiger partial charge in [-0.3, -0.25) is 0 Å². The van der Waals surface area contributed by atoms with Crippen LogP contribution in [0.1, 0.15) is 190 Å². The first kappa shape index (κ1) is 45.3. The van der Waals surface area contributed by atoms with Gasteiger partial charge in [-0.1, -0.05) is 19.8 Å². The summed E-state index contributed by atoms with van der Waals surface area (Å²) in [5.74, 6) is 0.380. The van der Waals surface area contributed by atoms with Gasteiger partial charge in [0.05, 0.1) is 0 Å². The molecule has 0 amide bonds. The molecule has 0 bridgehead atoms. The first-order chi connectivity index (χ1) is 22.3. The quantitative estimate of drug-likeness (QED) is 0.0533. The molecule has 0 spiro atoms. The van der Waals surface area contributed by atoms with Crippen molar-refractivity contribution in [2.45, 2.75) is 221 Å². The van der Waals surface area contributed by atoms with Crippen molar-refractivity contribution >= 4 is 63.7 Å². The summed E-state index contributed by atoms with van der Waals surface area (Å²) in [6.07, 6.45) is 27.9. The molecule has 1 aromatic heterocycles. The van der Waals surface area contributed by atoms with E-state index < -0.39 is 46.6 Å². The summed E-state index contributed by atoms with van der Waals surface area (Å²) >= 11 is -3.55. The van der Waals surface area contributed by atoms with Crippen LogP contribution in [-0.4, -0.2) is 50.9 Å². The van der Waals surface area contributed by atoms with Crippen LogP contribution in [0.15, 0.2) is 11.0 Å². The molecule has 0 radical (unpaired) electrons. The van der Waals surface area contributed by atoms with Crippen molar-refractivity contribution in [2.75, 3.05) is 5.75 Å². The topological polar surface area (TPSA) is 34.1 Å². The van der Waals surface area contributed by atoms with E-state index >= 15 is 0 Å². The van der Waals surface area contributed by atoms with E-state index in [0.29, 0.717) is 5.75 Å². The maximum absolute atomic E-state index is 14.6. The van der Waals surface area contributed by atoms with Crippen LogP contribution in [0, 0.1) is 0 Å². The van der Waals surface area contributed by atoms with Crippen molar-refractivity contribution in [1.82, 2.24) is 0 Å². The summed E-state index contributed by atoms with van der Waals surface area (Å²) in [4.78, 5) is 0.910. The number of thiophene rings is 1. The molecule has 0 aliphatic carbocycles. The van der Waals surface area contributed by atoms with Crippen molar-refractivity contribution in [3.8, 4) is 0 Å². The third-order valence-electron chi connectivity index (χ3n) is 10.9. The van der Waals surface area contributed by atoms with E-state index in [4.69, 9.17) is 0 Å². The average Bonchev–Trinajstić information content (AvgIpc) is 3.53. The van der Waals surface area contributed by atoms with Crippen LogP contribution in [0.3, 0.4) is 0 Å². The van der Waals surface area contributed by atoms with Gasteiger partial charge in [0.1, 0.15) is 0 Å². The van der Waals surface area contributed by atoms with E-state index in [2.05, 4.69) is 65.9 Å². The second kappa shape index (κ2) is 27.0. The monoisotopic (exact) mass is 896 g/mol. The summed E-state index contributed by atoms with van der Waals surface area (Å²) in [6, 6.07) is 2.43. The molecule has 6 heteroatoms. The fourth-order valence-electron chi connectivity index (χ4n) is 7.68. The zero-order valence-corrected chi connectivity index (χ0v) is 39.6. The van der Waals surface area contributed by atoms with E-state index in [1.165, 1.54) is 158 Å². The normalized spacial score (nSPS) is 12.8. The minimum atomic E-state index is -3.26. The molecule has 0 aliphatic rings. The Labute approximate surface area is 302 Å². The van der Waals surface area contributed by atoms with Gasteiger partial charge in [0.15, 0.2) is 0 Å². The van der Waals surface area contributed by atoms with Gasteiger partial charge in [-0.25, -0.2) is 0 Å². The van der Waals surface area contributed by atoms with Crippen molar-refractivity contribution in [2.24, 2.45) is 0 Å². The van der Waals surface area contributed by atoms with Crippen LogP contribution in [0.5, 0.6) is 0 Å². The van der Waals surface area contributed by atoms with Crippen molar-refractivity contribution in [3.63, 3.8) is 0 Å². The van der Waals surface area contributed by atoms with Crippen LogP contribution in [0.25, 0.3) is 0 Å². The van der Waals surface area contributed by atoms with Gasteiger partial charge < -0.3 is 0 Å². The molecule has 0 fully saturated rings. The Morgan fingerprint density at radius 3 is 1.15 bits per heavy atom. The van der Waals surface area contributed by atoms with Gasteiger partial charge in [-0.05, 0) is 0 Å². The molecule has 2 nitrogen and oxygen atoms in total. The Kier molecular flexibility index (Phi) is 26.5. The van der Waals surface area contributed by atoms with E-state index in [1.807, 2.05) is 0 Å². The molecular formula is C40H80O2S2Sn2. The van der Waals surface area contributed by atoms with Crippen molar-refractivity contribution in [3.05, 3.63) is 6.07 Å². The molecule has 0 saturated carbocycles. The predicted octanol–water partition coefficient (Wildman–Crippen LogP) is 13.6. The van der Waals surface area contributed by atoms with Gasteiger partial charge in [0.25, 0.3) is 0 Å². The molecule has 0 aromatic carbocycles. The summed E-state index contributed by atoms with van der Waals surface area (Å²) in [7, 11) is -3.26. The molecule has 0 atom stereocenters. The number of hydrogen-bond donors (Lipinski definition) is 0. The Balaban J connectivity index is 3.58. The van der Waals surface area contributed by atoms with Crippen LogP contribution in [-0.2, 0) is 9.84 Å². The minimum absolute atomic E-state index is 0.380. The van der Waals surface area contributed by atoms with Gasteiger partial charge in [-0.15, -0.1) is 0 Å². The number of hydrogen-bond acceptors (Lipinski definition) is 3. The summed E-state index contributed by atoms with van der Waals surface area (Å²) in [6.45, 7) is 16.4. The molecule has 46 heavy (non-hydrogen) atoms. The molecule has 0 unspecified atom stereocenters. The molecule has 0 saturated heterocycles. The fourth-order valence-corrected chi connectivity index (χ4v) is 54.8. The van der Waals surface area contributed by atoms with Gasteiger partial charge in [-0.2, -0.15) is 0 Å². The van der Waals surface area contributed by atoms with Crippen LogP contribution < -0.4 is 5.79 Å². The van der Waals surface area contributed by atoms with Crippen molar-refractivity contribution in [1.29, 1.82) is 0 Å². The zero-order valence-electron chi connectivity index (χ0n) is 32.2. The number of rotatable bonds is 32. The second-order valence-electron chi connectivity index (χ2n) is 15.0. The molecular weight excluding hydrogens is 814 g/mol. The third-order valence-corrected chi connectivity index (χ3v) is 51.0. The molecule has 1 rings (SSSR count). The van der Waals surface area contributed by atoms with Crippen LogP contribution in [0.2, 0.25) is 26.6 Å². The molecule has 0 aliphatic heterocycles. The van der Waals surface area contributed by atoms with E-state index in [-0.39, 0.29) is 0 Å². The standard InChI is InChI=1S/C16H26O2S2.6C4H9.2Sn/c1-2-3-4-5-6-7-8-9-10-11-14-20(17,18)16-12-13-19-15-16;6*1-3-4-2;;/h12H,2-11,14H2,1H3;6*1,3-4H2,2H3;;. The summed E-state index contributed by atoms with van der Waals surface area (Å²) in [5.41, 5.74) is 0. The zero-order chi connectivity index (χ0) is 34.2. The third kappa shape index (κ3) is 16.1. The summed E-state index contributed by atoms with van der Waals surface area (Å²) < 4.78 is 40.8. The van der Waals surface area contributed by atoms with E-state index in [1.54, 1.807) is 2.89 Å². The first-order valence-electron chi connectivity index (χ1n) is 20.6. The van der Waals surface area contributed by atoms with Crippen molar-refractivity contribution < 1.29 is 8.42 Å². The molecule has 1 heterocycles. The SMILES string of the molecule is CCCCCCCCCCCCS(=O)(=O)c1c[c]([Sn]([CH2]CCC)([CH2]CCC)[CH2]CCC)s[c]1[Sn]([CH2]CCC)([CH2]CCC)[CH2]CCC. The van der Waals surface area contributed by atoms with Gasteiger partial charge >= 0.3 is 285 Å². The van der Waals surface area contributed by atoms with Crippen LogP contribution in [0.4, 0.5) is 0 Å². The van der Waals surface area contributed by atoms with Crippen LogP contribution >= 0.6 is 11.3 Å². The average molecular weight is 895 g/mol. The van der Waals surface area contributed by atoms with Gasteiger partial charge in [0, 0.05) is 0 Å². The predicted molar refractivity (Wildman–Crippen MR) is 217 cm³/mol. The second-order valence-corrected chi connectivity index (χ2v) is 46.3. The molecule has 1 aromatic rings. The van der Waals surface area contributed by atoms with E-state index in [9.17, 15) is 8.42 Å². The first-order valence-corrected chi connectivity index (χ1v) is 38.1. The van der Waals surface area contributed by atoms with Gasteiger partial charge in [0.2, 0.25) is 0 Å². The molecule has 272 valence electrons. The Morgan fingerprint density at radius 1 is 0.457 bits per heavy atom. The maximum atomic E-state index is 14.6. The van der Waals surface area contributed by atoms with E-state index in [0.717, 1.165) is 17.7 Å². The number of unbranched alkanes of at least 4 members (excludes halogenated alkanes) is 15. The molecule has 0 N–H and O–H groups in total.